The number of nitrogens with one attached hydrogen (secondary N) is 1. The SMILES string of the molecule is CCCCc1ccc(NC(=O)N2CCC3(CC2)CN(C)CCO3)cc1. The average molecular weight is 345 g/mol. The van der Waals surface area contributed by atoms with Crippen LogP contribution in [0, 0.1) is 0 Å². The van der Waals surface area contributed by atoms with E-state index in [9.17, 15) is 4.79 Å². The van der Waals surface area contributed by atoms with E-state index in [0.717, 1.165) is 57.7 Å². The van der Waals surface area contributed by atoms with Crippen molar-refractivity contribution in [2.24, 2.45) is 0 Å². The number of unbranched alkanes of at least 4 members (excludes halogenated alkanes) is 1. The zero-order valence-electron chi connectivity index (χ0n) is 15.6. The van der Waals surface area contributed by atoms with E-state index in [1.807, 2.05) is 17.0 Å². The van der Waals surface area contributed by atoms with Gasteiger partial charge in [0.15, 0.2) is 0 Å². The zero-order chi connectivity index (χ0) is 17.7. The van der Waals surface area contributed by atoms with Crippen molar-refractivity contribution in [1.29, 1.82) is 0 Å². The van der Waals surface area contributed by atoms with E-state index in [1.54, 1.807) is 0 Å². The number of hydrogen-bond acceptors (Lipinski definition) is 3. The predicted octanol–water partition coefficient (Wildman–Crippen LogP) is 3.36. The third-order valence-corrected chi connectivity index (χ3v) is 5.43. The molecule has 1 spiro atoms. The number of nitrogens with zero attached hydrogens (tertiary/aromatic N) is 2. The number of ether oxygens (including phenoxy) is 1. The molecule has 0 unspecified atom stereocenters. The lowest BCUT2D eigenvalue weighted by molar-refractivity contribution is -0.126. The van der Waals surface area contributed by atoms with Gasteiger partial charge in [-0.2, -0.15) is 0 Å². The number of carbonyl (C=O) groups is 1. The van der Waals surface area contributed by atoms with Crippen molar-refractivity contribution in [2.45, 2.75) is 44.6 Å². The van der Waals surface area contributed by atoms with Crippen LogP contribution in [-0.2, 0) is 11.2 Å². The molecule has 138 valence electrons. The number of urea groups is 1. The van der Waals surface area contributed by atoms with Crippen LogP contribution in [-0.4, -0.2) is 61.3 Å². The monoisotopic (exact) mass is 345 g/mol. The van der Waals surface area contributed by atoms with Gasteiger partial charge in [-0.15, -0.1) is 0 Å². The molecule has 0 saturated carbocycles. The summed E-state index contributed by atoms with van der Waals surface area (Å²) in [7, 11) is 2.15. The molecule has 2 heterocycles. The number of carbonyl (C=O) groups excluding carboxylic acids is 1. The minimum atomic E-state index is -0.0509. The first-order chi connectivity index (χ1) is 12.1. The molecular formula is C20H31N3O2. The normalized spacial score (nSPS) is 20.6. The Morgan fingerprint density at radius 2 is 1.92 bits per heavy atom. The second kappa shape index (κ2) is 8.19. The average Bonchev–Trinajstić information content (AvgIpc) is 2.61. The zero-order valence-corrected chi connectivity index (χ0v) is 15.6. The molecule has 2 amide bonds. The van der Waals surface area contributed by atoms with E-state index in [1.165, 1.54) is 18.4 Å². The third-order valence-electron chi connectivity index (χ3n) is 5.43. The third kappa shape index (κ3) is 4.73. The lowest BCUT2D eigenvalue weighted by atomic mass is 9.89. The summed E-state index contributed by atoms with van der Waals surface area (Å²) in [6.45, 7) is 6.49. The molecule has 5 heteroatoms. The van der Waals surface area contributed by atoms with Crippen molar-refractivity contribution < 1.29 is 9.53 Å². The first-order valence-electron chi connectivity index (χ1n) is 9.58. The van der Waals surface area contributed by atoms with Crippen LogP contribution in [0.5, 0.6) is 0 Å². The standard InChI is InChI=1S/C20H31N3O2/c1-3-4-5-17-6-8-18(9-7-17)21-19(24)23-12-10-20(11-13-23)16-22(2)14-15-25-20/h6-9H,3-5,10-16H2,1-2H3,(H,21,24). The van der Waals surface area contributed by atoms with Gasteiger partial charge in [-0.05, 0) is 50.4 Å². The fourth-order valence-corrected chi connectivity index (χ4v) is 3.79. The van der Waals surface area contributed by atoms with Gasteiger partial charge in [0.05, 0.1) is 12.2 Å². The van der Waals surface area contributed by atoms with Crippen molar-refractivity contribution in [3.63, 3.8) is 0 Å². The Labute approximate surface area is 151 Å². The highest BCUT2D eigenvalue weighted by atomic mass is 16.5. The summed E-state index contributed by atoms with van der Waals surface area (Å²) in [5, 5.41) is 3.03. The van der Waals surface area contributed by atoms with Crippen LogP contribution in [0.15, 0.2) is 24.3 Å². The van der Waals surface area contributed by atoms with Gasteiger partial charge in [0.25, 0.3) is 0 Å². The topological polar surface area (TPSA) is 44.8 Å². The lowest BCUT2D eigenvalue weighted by Crippen LogP contribution is -2.57. The summed E-state index contributed by atoms with van der Waals surface area (Å²) in [6.07, 6.45) is 5.35. The van der Waals surface area contributed by atoms with Crippen LogP contribution in [0.2, 0.25) is 0 Å². The maximum absolute atomic E-state index is 12.5. The van der Waals surface area contributed by atoms with E-state index in [0.29, 0.717) is 0 Å². The Morgan fingerprint density at radius 1 is 1.20 bits per heavy atom. The van der Waals surface area contributed by atoms with Crippen molar-refractivity contribution >= 4 is 11.7 Å². The molecule has 3 rings (SSSR count). The Kier molecular flexibility index (Phi) is 5.97. The Morgan fingerprint density at radius 3 is 2.56 bits per heavy atom. The molecule has 1 N–H and O–H groups in total. The summed E-state index contributed by atoms with van der Waals surface area (Å²) < 4.78 is 6.07. The Bertz CT molecular complexity index is 565. The Balaban J connectivity index is 1.49. The van der Waals surface area contributed by atoms with Gasteiger partial charge in [0, 0.05) is 31.9 Å². The number of rotatable bonds is 4. The Hall–Kier alpha value is -1.59. The maximum Gasteiger partial charge on any atom is 0.321 e. The van der Waals surface area contributed by atoms with Crippen LogP contribution in [0.3, 0.4) is 0 Å². The molecule has 0 aliphatic carbocycles. The fraction of sp³-hybridized carbons (Fsp3) is 0.650. The molecule has 2 aliphatic rings. The summed E-state index contributed by atoms with van der Waals surface area (Å²) >= 11 is 0. The summed E-state index contributed by atoms with van der Waals surface area (Å²) in [6, 6.07) is 8.24. The number of aryl methyl sites for hydroxylation is 1. The quantitative estimate of drug-likeness (QED) is 0.910. The van der Waals surface area contributed by atoms with Crippen molar-refractivity contribution in [3.8, 4) is 0 Å². The van der Waals surface area contributed by atoms with E-state index < -0.39 is 0 Å². The minimum Gasteiger partial charge on any atom is -0.372 e. The largest absolute Gasteiger partial charge is 0.372 e. The van der Waals surface area contributed by atoms with Gasteiger partial charge in [-0.1, -0.05) is 25.5 Å². The molecule has 0 atom stereocenters. The summed E-state index contributed by atoms with van der Waals surface area (Å²) in [5.74, 6) is 0. The number of likely N-dealkylation sites (N-methyl/N-ethyl adjacent to an activating group) is 1. The molecule has 2 saturated heterocycles. The number of anilines is 1. The molecule has 25 heavy (non-hydrogen) atoms. The number of likely N-dealkylation sites (tertiary alicyclic amines) is 1. The highest BCUT2D eigenvalue weighted by molar-refractivity contribution is 5.89. The van der Waals surface area contributed by atoms with Gasteiger partial charge in [0.1, 0.15) is 0 Å². The van der Waals surface area contributed by atoms with Crippen LogP contribution in [0.4, 0.5) is 10.5 Å². The molecule has 0 radical (unpaired) electrons. The number of amides is 2. The van der Waals surface area contributed by atoms with Crippen molar-refractivity contribution in [2.75, 3.05) is 45.2 Å². The number of morpholine rings is 1. The van der Waals surface area contributed by atoms with E-state index in [4.69, 9.17) is 4.74 Å². The lowest BCUT2D eigenvalue weighted by Gasteiger charge is -2.46. The maximum atomic E-state index is 12.5. The second-order valence-electron chi connectivity index (χ2n) is 7.49. The molecule has 2 aliphatic heterocycles. The molecule has 0 bridgehead atoms. The molecule has 5 nitrogen and oxygen atoms in total. The van der Waals surface area contributed by atoms with Gasteiger partial charge >= 0.3 is 6.03 Å². The minimum absolute atomic E-state index is 0.000298. The number of piperidine rings is 1. The number of hydrogen-bond donors (Lipinski definition) is 1. The molecule has 2 fully saturated rings. The van der Waals surface area contributed by atoms with Crippen molar-refractivity contribution in [1.82, 2.24) is 9.80 Å². The summed E-state index contributed by atoms with van der Waals surface area (Å²) in [4.78, 5) is 16.8. The van der Waals surface area contributed by atoms with E-state index >= 15 is 0 Å². The van der Waals surface area contributed by atoms with Crippen LogP contribution in [0.25, 0.3) is 0 Å². The van der Waals surface area contributed by atoms with E-state index in [2.05, 4.69) is 36.3 Å². The summed E-state index contributed by atoms with van der Waals surface area (Å²) in [5.41, 5.74) is 2.16. The molecule has 1 aromatic carbocycles. The van der Waals surface area contributed by atoms with Crippen molar-refractivity contribution in [3.05, 3.63) is 29.8 Å². The predicted molar refractivity (Wildman–Crippen MR) is 101 cm³/mol. The smallest absolute Gasteiger partial charge is 0.321 e. The van der Waals surface area contributed by atoms with Gasteiger partial charge in [-0.25, -0.2) is 4.79 Å². The highest BCUT2D eigenvalue weighted by Gasteiger charge is 2.39. The fourth-order valence-electron chi connectivity index (χ4n) is 3.79. The van der Waals surface area contributed by atoms with Gasteiger partial charge in [0.2, 0.25) is 0 Å². The molecule has 0 aromatic heterocycles. The molecular weight excluding hydrogens is 314 g/mol. The van der Waals surface area contributed by atoms with E-state index in [-0.39, 0.29) is 11.6 Å². The first-order valence-corrected chi connectivity index (χ1v) is 9.58. The molecule has 1 aromatic rings. The second-order valence-corrected chi connectivity index (χ2v) is 7.49. The highest BCUT2D eigenvalue weighted by Crippen LogP contribution is 2.29. The van der Waals surface area contributed by atoms with Crippen LogP contribution >= 0.6 is 0 Å². The van der Waals surface area contributed by atoms with Crippen LogP contribution < -0.4 is 5.32 Å². The van der Waals surface area contributed by atoms with Gasteiger partial charge in [-0.3, -0.25) is 0 Å². The number of benzene rings is 1. The van der Waals surface area contributed by atoms with Gasteiger partial charge < -0.3 is 19.9 Å². The first kappa shape index (κ1) is 18.2. The van der Waals surface area contributed by atoms with Crippen LogP contribution in [0.1, 0.15) is 38.2 Å².